The first kappa shape index (κ1) is 15.6. The SMILES string of the molecule is COC(C)(C)C(=O)NC(c1ccc(F)cc1)C(C)C. The average Bonchev–Trinajstić information content (AvgIpc) is 2.36. The maximum atomic E-state index is 13.0. The Morgan fingerprint density at radius 2 is 1.79 bits per heavy atom. The maximum Gasteiger partial charge on any atom is 0.252 e. The Morgan fingerprint density at radius 1 is 1.26 bits per heavy atom. The van der Waals surface area contributed by atoms with Crippen LogP contribution in [-0.2, 0) is 9.53 Å². The standard InChI is InChI=1S/C15H22FNO2/c1-10(2)13(11-6-8-12(16)9-7-11)17-14(18)15(3,4)19-5/h6-10,13H,1-5H3,(H,17,18). The number of benzene rings is 1. The summed E-state index contributed by atoms with van der Waals surface area (Å²) >= 11 is 0. The number of halogens is 1. The molecule has 0 fully saturated rings. The molecule has 0 aliphatic carbocycles. The number of hydrogen-bond acceptors (Lipinski definition) is 2. The molecule has 0 radical (unpaired) electrons. The lowest BCUT2D eigenvalue weighted by Gasteiger charge is -2.28. The highest BCUT2D eigenvalue weighted by Crippen LogP contribution is 2.23. The monoisotopic (exact) mass is 267 g/mol. The van der Waals surface area contributed by atoms with Gasteiger partial charge >= 0.3 is 0 Å². The van der Waals surface area contributed by atoms with Crippen LogP contribution in [0.5, 0.6) is 0 Å². The van der Waals surface area contributed by atoms with Crippen LogP contribution in [0.2, 0.25) is 0 Å². The van der Waals surface area contributed by atoms with Crippen LogP contribution in [0.3, 0.4) is 0 Å². The third kappa shape index (κ3) is 4.03. The number of rotatable bonds is 5. The lowest BCUT2D eigenvalue weighted by molar-refractivity contribution is -0.140. The summed E-state index contributed by atoms with van der Waals surface area (Å²) in [5.74, 6) is -0.269. The van der Waals surface area contributed by atoms with Gasteiger partial charge in [-0.05, 0) is 37.5 Å². The van der Waals surface area contributed by atoms with E-state index in [1.165, 1.54) is 19.2 Å². The largest absolute Gasteiger partial charge is 0.369 e. The minimum absolute atomic E-state index is 0.164. The van der Waals surface area contributed by atoms with Crippen LogP contribution in [0.1, 0.15) is 39.3 Å². The first-order chi connectivity index (χ1) is 8.77. The van der Waals surface area contributed by atoms with E-state index in [0.29, 0.717) is 0 Å². The molecule has 1 unspecified atom stereocenters. The van der Waals surface area contributed by atoms with Crippen LogP contribution in [-0.4, -0.2) is 18.6 Å². The fourth-order valence-corrected chi connectivity index (χ4v) is 1.71. The van der Waals surface area contributed by atoms with Gasteiger partial charge in [0, 0.05) is 7.11 Å². The fourth-order valence-electron chi connectivity index (χ4n) is 1.71. The summed E-state index contributed by atoms with van der Waals surface area (Å²) in [6, 6.07) is 6.03. The topological polar surface area (TPSA) is 38.3 Å². The molecule has 0 aromatic heterocycles. The highest BCUT2D eigenvalue weighted by molar-refractivity contribution is 5.84. The van der Waals surface area contributed by atoms with Gasteiger partial charge in [-0.3, -0.25) is 4.79 Å². The zero-order valence-corrected chi connectivity index (χ0v) is 12.2. The van der Waals surface area contributed by atoms with Crippen molar-refractivity contribution in [2.45, 2.75) is 39.3 Å². The molecule has 1 atom stereocenters. The number of methoxy groups -OCH3 is 1. The third-order valence-corrected chi connectivity index (χ3v) is 3.24. The second-order valence-electron chi connectivity index (χ2n) is 5.46. The van der Waals surface area contributed by atoms with E-state index in [1.54, 1.807) is 26.0 Å². The Balaban J connectivity index is 2.91. The quantitative estimate of drug-likeness (QED) is 0.890. The molecule has 1 aromatic rings. The van der Waals surface area contributed by atoms with Crippen molar-refractivity contribution in [1.82, 2.24) is 5.32 Å². The first-order valence-corrected chi connectivity index (χ1v) is 6.39. The van der Waals surface area contributed by atoms with Crippen LogP contribution in [0, 0.1) is 11.7 Å². The summed E-state index contributed by atoms with van der Waals surface area (Å²) in [5.41, 5.74) is 0.00401. The number of ether oxygens (including phenoxy) is 1. The normalized spacial score (nSPS) is 13.4. The van der Waals surface area contributed by atoms with Crippen molar-refractivity contribution >= 4 is 5.91 Å². The molecule has 0 aliphatic heterocycles. The molecular formula is C15H22FNO2. The van der Waals surface area contributed by atoms with Gasteiger partial charge in [-0.1, -0.05) is 26.0 Å². The molecule has 1 aromatic carbocycles. The minimum atomic E-state index is -0.882. The minimum Gasteiger partial charge on any atom is -0.369 e. The number of nitrogens with one attached hydrogen (secondary N) is 1. The molecule has 0 heterocycles. The van der Waals surface area contributed by atoms with E-state index in [-0.39, 0.29) is 23.7 Å². The van der Waals surface area contributed by atoms with Crippen molar-refractivity contribution < 1.29 is 13.9 Å². The van der Waals surface area contributed by atoms with Crippen molar-refractivity contribution in [3.8, 4) is 0 Å². The van der Waals surface area contributed by atoms with Crippen LogP contribution >= 0.6 is 0 Å². The summed E-state index contributed by atoms with van der Waals surface area (Å²) in [4.78, 5) is 12.1. The third-order valence-electron chi connectivity index (χ3n) is 3.24. The van der Waals surface area contributed by atoms with Gasteiger partial charge in [0.05, 0.1) is 6.04 Å². The fraction of sp³-hybridized carbons (Fsp3) is 0.533. The average molecular weight is 267 g/mol. The summed E-state index contributed by atoms with van der Waals surface area (Å²) in [6.45, 7) is 7.44. The van der Waals surface area contributed by atoms with Gasteiger partial charge in [0.25, 0.3) is 5.91 Å². The van der Waals surface area contributed by atoms with Gasteiger partial charge in [-0.2, -0.15) is 0 Å². The zero-order chi connectivity index (χ0) is 14.6. The Bertz CT molecular complexity index is 426. The van der Waals surface area contributed by atoms with Gasteiger partial charge in [-0.25, -0.2) is 4.39 Å². The van der Waals surface area contributed by atoms with Gasteiger partial charge in [0.15, 0.2) is 0 Å². The molecule has 3 nitrogen and oxygen atoms in total. The zero-order valence-electron chi connectivity index (χ0n) is 12.2. The van der Waals surface area contributed by atoms with Crippen molar-refractivity contribution in [3.05, 3.63) is 35.6 Å². The molecule has 0 spiro atoms. The van der Waals surface area contributed by atoms with Crippen LogP contribution in [0.4, 0.5) is 4.39 Å². The summed E-state index contributed by atoms with van der Waals surface area (Å²) in [6.07, 6.45) is 0. The molecule has 0 bridgehead atoms. The van der Waals surface area contributed by atoms with Gasteiger partial charge in [0.1, 0.15) is 11.4 Å². The van der Waals surface area contributed by atoms with Crippen LogP contribution in [0.25, 0.3) is 0 Å². The molecule has 0 aliphatic rings. The molecular weight excluding hydrogens is 245 g/mol. The Labute approximate surface area is 114 Å². The number of carbonyl (C=O) groups excluding carboxylic acids is 1. The molecule has 106 valence electrons. The molecule has 1 rings (SSSR count). The summed E-state index contributed by atoms with van der Waals surface area (Å²) in [7, 11) is 1.50. The van der Waals surface area contributed by atoms with E-state index in [1.807, 2.05) is 13.8 Å². The number of hydrogen-bond donors (Lipinski definition) is 1. The molecule has 1 N–H and O–H groups in total. The Hall–Kier alpha value is -1.42. The van der Waals surface area contributed by atoms with E-state index < -0.39 is 5.60 Å². The predicted molar refractivity (Wildman–Crippen MR) is 73.2 cm³/mol. The van der Waals surface area contributed by atoms with E-state index >= 15 is 0 Å². The number of amides is 1. The van der Waals surface area contributed by atoms with Crippen molar-refractivity contribution in [2.24, 2.45) is 5.92 Å². The summed E-state index contributed by atoms with van der Waals surface area (Å²) < 4.78 is 18.1. The van der Waals surface area contributed by atoms with E-state index in [2.05, 4.69) is 5.32 Å². The second-order valence-corrected chi connectivity index (χ2v) is 5.46. The Kier molecular flexibility index (Phi) is 5.06. The predicted octanol–water partition coefficient (Wildman–Crippen LogP) is 3.06. The Morgan fingerprint density at radius 3 is 2.21 bits per heavy atom. The lowest BCUT2D eigenvalue weighted by Crippen LogP contribution is -2.46. The molecule has 0 saturated carbocycles. The maximum absolute atomic E-state index is 13.0. The molecule has 4 heteroatoms. The highest BCUT2D eigenvalue weighted by atomic mass is 19.1. The number of carbonyl (C=O) groups is 1. The highest BCUT2D eigenvalue weighted by Gasteiger charge is 2.30. The van der Waals surface area contributed by atoms with Gasteiger partial charge in [0.2, 0.25) is 0 Å². The van der Waals surface area contributed by atoms with E-state index in [4.69, 9.17) is 4.74 Å². The lowest BCUT2D eigenvalue weighted by atomic mass is 9.95. The van der Waals surface area contributed by atoms with Crippen LogP contribution < -0.4 is 5.32 Å². The van der Waals surface area contributed by atoms with Crippen molar-refractivity contribution in [2.75, 3.05) is 7.11 Å². The van der Waals surface area contributed by atoms with E-state index in [0.717, 1.165) is 5.56 Å². The summed E-state index contributed by atoms with van der Waals surface area (Å²) in [5, 5.41) is 2.96. The van der Waals surface area contributed by atoms with Crippen molar-refractivity contribution in [3.63, 3.8) is 0 Å². The van der Waals surface area contributed by atoms with Crippen molar-refractivity contribution in [1.29, 1.82) is 0 Å². The molecule has 0 saturated heterocycles. The van der Waals surface area contributed by atoms with Gasteiger partial charge < -0.3 is 10.1 Å². The smallest absolute Gasteiger partial charge is 0.252 e. The van der Waals surface area contributed by atoms with E-state index in [9.17, 15) is 9.18 Å². The molecule has 1 amide bonds. The van der Waals surface area contributed by atoms with Gasteiger partial charge in [-0.15, -0.1) is 0 Å². The molecule has 19 heavy (non-hydrogen) atoms. The second kappa shape index (κ2) is 6.15. The first-order valence-electron chi connectivity index (χ1n) is 6.39. The van der Waals surface area contributed by atoms with Crippen LogP contribution in [0.15, 0.2) is 24.3 Å².